The number of unbranched alkanes of at least 4 members (excludes halogenated alkanes) is 34. The van der Waals surface area contributed by atoms with E-state index >= 15 is 0 Å². The summed E-state index contributed by atoms with van der Waals surface area (Å²) in [7, 11) is 0. The molecule has 0 aromatic carbocycles. The average Bonchev–Trinajstić information content (AvgIpc) is 3.38. The molecule has 0 saturated heterocycles. The van der Waals surface area contributed by atoms with Gasteiger partial charge >= 0.3 is 0 Å². The van der Waals surface area contributed by atoms with Crippen molar-refractivity contribution in [1.29, 1.82) is 0 Å². The highest BCUT2D eigenvalue weighted by molar-refractivity contribution is 4.90. The van der Waals surface area contributed by atoms with Crippen LogP contribution in [0.3, 0.4) is 0 Å². The molecule has 0 radical (unpaired) electrons. The second kappa shape index (κ2) is 61.7. The van der Waals surface area contributed by atoms with Crippen molar-refractivity contribution in [2.24, 2.45) is 0 Å². The fraction of sp³-hybridized carbons (Fsp3) is 0.938. The van der Waals surface area contributed by atoms with E-state index in [1.165, 1.54) is 193 Å². The largest absolute Gasteiger partial charge is 0.353 e. The number of hydrogen-bond donors (Lipinski definition) is 0. The van der Waals surface area contributed by atoms with Crippen molar-refractivity contribution < 1.29 is 33.2 Å². The molecule has 2 atom stereocenters. The summed E-state index contributed by atoms with van der Waals surface area (Å²) < 4.78 is 45.0. The fourth-order valence-corrected chi connectivity index (χ4v) is 8.96. The molecular weight excluding hydrogens is 881 g/mol. The van der Waals surface area contributed by atoms with Gasteiger partial charge in [0.05, 0.1) is 13.2 Å². The first-order valence-corrected chi connectivity index (χ1v) is 31.8. The molecule has 0 rings (SSSR count). The summed E-state index contributed by atoms with van der Waals surface area (Å²) in [4.78, 5) is 0. The van der Waals surface area contributed by atoms with E-state index in [1.807, 2.05) is 0 Å². The predicted octanol–water partition coefficient (Wildman–Crippen LogP) is 20.8. The Labute approximate surface area is 444 Å². The van der Waals surface area contributed by atoms with Crippen molar-refractivity contribution in [2.45, 2.75) is 349 Å². The minimum Gasteiger partial charge on any atom is -0.353 e. The molecule has 424 valence electrons. The van der Waals surface area contributed by atoms with Gasteiger partial charge in [0.2, 0.25) is 0 Å². The van der Waals surface area contributed by atoms with Crippen LogP contribution in [0.2, 0.25) is 0 Å². The summed E-state index contributed by atoms with van der Waals surface area (Å²) in [5, 5.41) is 0. The van der Waals surface area contributed by atoms with Gasteiger partial charge in [0.1, 0.15) is 0 Å². The number of allylic oxidation sites excluding steroid dienone is 2. The Hall–Kier alpha value is -0.800. The van der Waals surface area contributed by atoms with E-state index in [1.54, 1.807) is 0 Å². The summed E-state index contributed by atoms with van der Waals surface area (Å²) in [6.07, 6.45) is 61.5. The molecule has 0 heterocycles. The van der Waals surface area contributed by atoms with Crippen molar-refractivity contribution >= 4 is 0 Å². The smallest absolute Gasteiger partial charge is 0.180 e. The lowest BCUT2D eigenvalue weighted by atomic mass is 10.1. The number of rotatable bonds is 62. The molecule has 0 aliphatic rings. The van der Waals surface area contributed by atoms with Gasteiger partial charge in [0, 0.05) is 26.4 Å². The van der Waals surface area contributed by atoms with Gasteiger partial charge < -0.3 is 33.2 Å². The SMILES string of the molecule is CCCCCCCCOC(C=CCCCCC(OCCCCCCCC)OCCCCCCCC)OC(C=CCCCCC(OCCCCCCCC)OCCCCCCCC)OCCCCCCCC. The summed E-state index contributed by atoms with van der Waals surface area (Å²) in [6.45, 7) is 18.3. The van der Waals surface area contributed by atoms with Crippen LogP contribution in [0.4, 0.5) is 0 Å². The van der Waals surface area contributed by atoms with Gasteiger partial charge in [-0.1, -0.05) is 246 Å². The van der Waals surface area contributed by atoms with E-state index in [0.29, 0.717) is 13.2 Å². The quantitative estimate of drug-likeness (QED) is 0.0342. The maximum atomic E-state index is 6.68. The van der Waals surface area contributed by atoms with E-state index in [0.717, 1.165) is 116 Å². The maximum absolute atomic E-state index is 6.68. The molecule has 2 unspecified atom stereocenters. The Bertz CT molecular complexity index is 907. The Kier molecular flexibility index (Phi) is 61.0. The zero-order valence-corrected chi connectivity index (χ0v) is 48.8. The lowest BCUT2D eigenvalue weighted by molar-refractivity contribution is -0.208. The second-order valence-electron chi connectivity index (χ2n) is 21.0. The van der Waals surface area contributed by atoms with Crippen molar-refractivity contribution in [3.63, 3.8) is 0 Å². The fourth-order valence-electron chi connectivity index (χ4n) is 8.96. The van der Waals surface area contributed by atoms with Crippen molar-refractivity contribution in [1.82, 2.24) is 0 Å². The molecule has 0 aromatic heterocycles. The predicted molar refractivity (Wildman–Crippen MR) is 307 cm³/mol. The van der Waals surface area contributed by atoms with Gasteiger partial charge in [0.15, 0.2) is 25.2 Å². The van der Waals surface area contributed by atoms with Crippen LogP contribution < -0.4 is 0 Å². The monoisotopic (exact) mass is 1010 g/mol. The third-order valence-corrected chi connectivity index (χ3v) is 13.7. The van der Waals surface area contributed by atoms with Gasteiger partial charge in [-0.2, -0.15) is 0 Å². The Morgan fingerprint density at radius 3 is 0.718 bits per heavy atom. The zero-order chi connectivity index (χ0) is 51.4. The molecule has 0 amide bonds. The molecule has 0 fully saturated rings. The topological polar surface area (TPSA) is 64.6 Å². The highest BCUT2D eigenvalue weighted by Crippen LogP contribution is 2.18. The van der Waals surface area contributed by atoms with Crippen molar-refractivity contribution in [3.05, 3.63) is 24.3 Å². The molecule has 0 aliphatic heterocycles. The summed E-state index contributed by atoms with van der Waals surface area (Å²) in [5.41, 5.74) is 0. The summed E-state index contributed by atoms with van der Waals surface area (Å²) in [6, 6.07) is 0. The molecule has 0 aromatic rings. The lowest BCUT2D eigenvalue weighted by Crippen LogP contribution is -2.25. The van der Waals surface area contributed by atoms with Crippen molar-refractivity contribution in [2.75, 3.05) is 39.6 Å². The second-order valence-corrected chi connectivity index (χ2v) is 21.0. The van der Waals surface area contributed by atoms with Crippen LogP contribution in [0.1, 0.15) is 324 Å². The van der Waals surface area contributed by atoms with Gasteiger partial charge in [-0.3, -0.25) is 0 Å². The van der Waals surface area contributed by atoms with Gasteiger partial charge in [-0.25, -0.2) is 0 Å². The average molecular weight is 1010 g/mol. The molecule has 71 heavy (non-hydrogen) atoms. The third kappa shape index (κ3) is 55.3. The Balaban J connectivity index is 5.52. The molecule has 0 spiro atoms. The van der Waals surface area contributed by atoms with Crippen LogP contribution in [-0.2, 0) is 33.2 Å². The van der Waals surface area contributed by atoms with Gasteiger partial charge in [-0.15, -0.1) is 0 Å². The minimum absolute atomic E-state index is 0.0914. The third-order valence-electron chi connectivity index (χ3n) is 13.7. The molecule has 7 nitrogen and oxygen atoms in total. The molecule has 0 bridgehead atoms. The first kappa shape index (κ1) is 70.2. The van der Waals surface area contributed by atoms with Crippen LogP contribution in [0.25, 0.3) is 0 Å². The maximum Gasteiger partial charge on any atom is 0.180 e. The van der Waals surface area contributed by atoms with E-state index in [9.17, 15) is 0 Å². The van der Waals surface area contributed by atoms with Crippen LogP contribution in [-0.4, -0.2) is 64.8 Å². The van der Waals surface area contributed by atoms with Crippen molar-refractivity contribution in [3.8, 4) is 0 Å². The Morgan fingerprint density at radius 1 is 0.239 bits per heavy atom. The highest BCUT2D eigenvalue weighted by atomic mass is 16.8. The van der Waals surface area contributed by atoms with E-state index < -0.39 is 12.6 Å². The molecule has 0 aliphatic carbocycles. The summed E-state index contributed by atoms with van der Waals surface area (Å²) in [5.74, 6) is 0. The lowest BCUT2D eigenvalue weighted by Gasteiger charge is -2.22. The molecular formula is C64H126O7. The first-order valence-electron chi connectivity index (χ1n) is 31.8. The number of ether oxygens (including phenoxy) is 7. The van der Waals surface area contributed by atoms with Crippen LogP contribution in [0, 0.1) is 0 Å². The zero-order valence-electron chi connectivity index (χ0n) is 48.8. The minimum atomic E-state index is -0.438. The number of hydrogen-bond acceptors (Lipinski definition) is 7. The molecule has 0 saturated carbocycles. The van der Waals surface area contributed by atoms with E-state index in [4.69, 9.17) is 33.2 Å². The van der Waals surface area contributed by atoms with Crippen LogP contribution >= 0.6 is 0 Å². The van der Waals surface area contributed by atoms with Gasteiger partial charge in [-0.05, 0) is 102 Å². The summed E-state index contributed by atoms with van der Waals surface area (Å²) >= 11 is 0. The first-order chi connectivity index (χ1) is 35.1. The molecule has 0 N–H and O–H groups in total. The normalized spacial score (nSPS) is 13.1. The highest BCUT2D eigenvalue weighted by Gasteiger charge is 2.15. The van der Waals surface area contributed by atoms with E-state index in [-0.39, 0.29) is 12.6 Å². The van der Waals surface area contributed by atoms with Crippen LogP contribution in [0.15, 0.2) is 24.3 Å². The Morgan fingerprint density at radius 2 is 0.465 bits per heavy atom. The van der Waals surface area contributed by atoms with E-state index in [2.05, 4.69) is 65.8 Å². The van der Waals surface area contributed by atoms with Crippen LogP contribution in [0.5, 0.6) is 0 Å². The standard InChI is InChI=1S/C64H126O7/c1-7-13-19-25-35-45-55-65-61(66-56-46-36-26-20-14-8-2)51-41-31-33-43-53-63(69-59-49-39-29-23-17-11-5)71-64(70-60-50-40-30-24-18-12-6)54-44-34-32-42-52-62(67-57-47-37-27-21-15-9-3)68-58-48-38-28-22-16-10-4/h43-44,53-54,61-64H,7-42,45-52,55-60H2,1-6H3. The van der Waals surface area contributed by atoms with Gasteiger partial charge in [0.25, 0.3) is 0 Å². The molecule has 7 heteroatoms.